The summed E-state index contributed by atoms with van der Waals surface area (Å²) in [5, 5.41) is 0. The molecule has 168 valence electrons. The van der Waals surface area contributed by atoms with Crippen molar-refractivity contribution >= 4 is 17.0 Å². The van der Waals surface area contributed by atoms with Gasteiger partial charge in [0.05, 0.1) is 24.6 Å². The van der Waals surface area contributed by atoms with Crippen LogP contribution in [-0.2, 0) is 17.8 Å². The van der Waals surface area contributed by atoms with Crippen LogP contribution in [0.25, 0.3) is 22.4 Å². The molecule has 4 aromatic carbocycles. The molecule has 0 N–H and O–H groups in total. The molecule has 0 unspecified atom stereocenters. The molecule has 0 aliphatic carbocycles. The molecule has 0 amide bonds. The van der Waals surface area contributed by atoms with E-state index in [1.54, 1.807) is 7.11 Å². The van der Waals surface area contributed by atoms with Crippen LogP contribution in [0.15, 0.2) is 103 Å². The maximum absolute atomic E-state index is 12.4. The van der Waals surface area contributed by atoms with E-state index in [4.69, 9.17) is 14.5 Å². The highest BCUT2D eigenvalue weighted by atomic mass is 16.5. The number of fused-ring (bicyclic) bond motifs is 1. The molecule has 0 bridgehead atoms. The van der Waals surface area contributed by atoms with Crippen molar-refractivity contribution < 1.29 is 14.3 Å². The van der Waals surface area contributed by atoms with Crippen LogP contribution in [0.1, 0.15) is 11.1 Å². The lowest BCUT2D eigenvalue weighted by Gasteiger charge is -2.10. The molecule has 1 heterocycles. The van der Waals surface area contributed by atoms with Crippen molar-refractivity contribution in [3.8, 4) is 22.9 Å². The molecule has 0 saturated heterocycles. The molecule has 0 aliphatic rings. The number of aromatic nitrogens is 2. The number of imidazole rings is 1. The van der Waals surface area contributed by atoms with Gasteiger partial charge in [-0.05, 0) is 59.7 Å². The lowest BCUT2D eigenvalue weighted by molar-refractivity contribution is -0.133. The van der Waals surface area contributed by atoms with E-state index in [1.807, 2.05) is 84.9 Å². The number of para-hydroxylation sites is 2. The minimum absolute atomic E-state index is 0.193. The van der Waals surface area contributed by atoms with Gasteiger partial charge in [-0.25, -0.2) is 4.98 Å². The van der Waals surface area contributed by atoms with Crippen molar-refractivity contribution in [1.29, 1.82) is 0 Å². The lowest BCUT2D eigenvalue weighted by atomic mass is 10.1. The Morgan fingerprint density at radius 1 is 0.765 bits per heavy atom. The minimum Gasteiger partial charge on any atom is -0.497 e. The first-order valence-electron chi connectivity index (χ1n) is 11.1. The predicted octanol–water partition coefficient (Wildman–Crippen LogP) is 5.91. The third kappa shape index (κ3) is 4.69. The van der Waals surface area contributed by atoms with Crippen LogP contribution in [0.3, 0.4) is 0 Å². The number of carbonyl (C=O) groups is 1. The summed E-state index contributed by atoms with van der Waals surface area (Å²) in [6.45, 7) is 0.718. The third-order valence-corrected chi connectivity index (χ3v) is 5.69. The van der Waals surface area contributed by atoms with Crippen molar-refractivity contribution in [1.82, 2.24) is 9.55 Å². The Kier molecular flexibility index (Phi) is 6.08. The number of hydrogen-bond donors (Lipinski definition) is 0. The number of methoxy groups -OCH3 is 1. The van der Waals surface area contributed by atoms with E-state index in [1.165, 1.54) is 5.56 Å². The standard InChI is InChI=1S/C29H24N2O3/c1-33-24-15-11-21(12-16-24)19-28(32)34-25-17-13-23(14-18-25)29-30-26-9-5-6-10-27(26)31(29)20-22-7-3-2-4-8-22/h2-18H,19-20H2,1H3. The van der Waals surface area contributed by atoms with Gasteiger partial charge in [0.15, 0.2) is 0 Å². The average Bonchev–Trinajstić information content (AvgIpc) is 3.24. The number of esters is 1. The van der Waals surface area contributed by atoms with Crippen LogP contribution in [0, 0.1) is 0 Å². The van der Waals surface area contributed by atoms with Gasteiger partial charge in [-0.2, -0.15) is 0 Å². The largest absolute Gasteiger partial charge is 0.497 e. The van der Waals surface area contributed by atoms with Crippen molar-refractivity contribution in [2.45, 2.75) is 13.0 Å². The summed E-state index contributed by atoms with van der Waals surface area (Å²) in [4.78, 5) is 17.3. The Bertz CT molecular complexity index is 1410. The van der Waals surface area contributed by atoms with E-state index in [2.05, 4.69) is 22.8 Å². The summed E-state index contributed by atoms with van der Waals surface area (Å²) >= 11 is 0. The summed E-state index contributed by atoms with van der Waals surface area (Å²) in [6, 6.07) is 33.4. The molecule has 0 spiro atoms. The summed E-state index contributed by atoms with van der Waals surface area (Å²) in [5.41, 5.74) is 5.06. The Labute approximate surface area is 198 Å². The Morgan fingerprint density at radius 3 is 2.18 bits per heavy atom. The Hall–Kier alpha value is -4.38. The normalized spacial score (nSPS) is 10.9. The zero-order valence-corrected chi connectivity index (χ0v) is 18.8. The number of hydrogen-bond acceptors (Lipinski definition) is 4. The number of rotatable bonds is 7. The molecule has 0 atom stereocenters. The highest BCUT2D eigenvalue weighted by molar-refractivity contribution is 5.81. The van der Waals surface area contributed by atoms with Crippen LogP contribution < -0.4 is 9.47 Å². The van der Waals surface area contributed by atoms with Crippen molar-refractivity contribution in [3.63, 3.8) is 0 Å². The summed E-state index contributed by atoms with van der Waals surface area (Å²) in [6.07, 6.45) is 0.193. The molecule has 0 aliphatic heterocycles. The fourth-order valence-corrected chi connectivity index (χ4v) is 3.97. The first kappa shape index (κ1) is 21.5. The molecule has 5 heteroatoms. The maximum Gasteiger partial charge on any atom is 0.315 e. The monoisotopic (exact) mass is 448 g/mol. The smallest absolute Gasteiger partial charge is 0.315 e. The second-order valence-electron chi connectivity index (χ2n) is 8.02. The van der Waals surface area contributed by atoms with Crippen molar-refractivity contribution in [2.75, 3.05) is 7.11 Å². The zero-order chi connectivity index (χ0) is 23.3. The molecule has 5 rings (SSSR count). The number of carbonyl (C=O) groups excluding carboxylic acids is 1. The van der Waals surface area contributed by atoms with Crippen molar-refractivity contribution in [3.05, 3.63) is 114 Å². The number of ether oxygens (including phenoxy) is 2. The quantitative estimate of drug-likeness (QED) is 0.229. The van der Waals surface area contributed by atoms with Crippen LogP contribution in [0.5, 0.6) is 11.5 Å². The van der Waals surface area contributed by atoms with Crippen LogP contribution in [0.2, 0.25) is 0 Å². The van der Waals surface area contributed by atoms with Gasteiger partial charge in [0.25, 0.3) is 0 Å². The SMILES string of the molecule is COc1ccc(CC(=O)Oc2ccc(-c3nc4ccccc4n3Cc3ccccc3)cc2)cc1. The summed E-state index contributed by atoms with van der Waals surface area (Å²) in [7, 11) is 1.61. The maximum atomic E-state index is 12.4. The lowest BCUT2D eigenvalue weighted by Crippen LogP contribution is -2.11. The number of benzene rings is 4. The second-order valence-corrected chi connectivity index (χ2v) is 8.02. The van der Waals surface area contributed by atoms with Gasteiger partial charge in [-0.3, -0.25) is 4.79 Å². The molecule has 1 aromatic heterocycles. The van der Waals surface area contributed by atoms with Crippen LogP contribution in [0.4, 0.5) is 0 Å². The van der Waals surface area contributed by atoms with E-state index in [0.717, 1.165) is 40.3 Å². The summed E-state index contributed by atoms with van der Waals surface area (Å²) in [5.74, 6) is 1.83. The molecule has 0 fully saturated rings. The van der Waals surface area contributed by atoms with E-state index in [9.17, 15) is 4.79 Å². The molecular weight excluding hydrogens is 424 g/mol. The molecule has 34 heavy (non-hydrogen) atoms. The summed E-state index contributed by atoms with van der Waals surface area (Å²) < 4.78 is 12.9. The average molecular weight is 449 g/mol. The molecular formula is C29H24N2O3. The zero-order valence-electron chi connectivity index (χ0n) is 18.8. The van der Waals surface area contributed by atoms with Gasteiger partial charge in [0.1, 0.15) is 17.3 Å². The minimum atomic E-state index is -0.311. The van der Waals surface area contributed by atoms with E-state index >= 15 is 0 Å². The highest BCUT2D eigenvalue weighted by Gasteiger charge is 2.14. The fourth-order valence-electron chi connectivity index (χ4n) is 3.97. The van der Waals surface area contributed by atoms with E-state index in [0.29, 0.717) is 5.75 Å². The number of nitrogens with zero attached hydrogens (tertiary/aromatic N) is 2. The molecule has 0 saturated carbocycles. The van der Waals surface area contributed by atoms with Gasteiger partial charge in [-0.1, -0.05) is 54.6 Å². The van der Waals surface area contributed by atoms with Crippen molar-refractivity contribution in [2.24, 2.45) is 0 Å². The topological polar surface area (TPSA) is 53.4 Å². The van der Waals surface area contributed by atoms with Gasteiger partial charge in [-0.15, -0.1) is 0 Å². The van der Waals surface area contributed by atoms with Gasteiger partial charge in [0.2, 0.25) is 0 Å². The van der Waals surface area contributed by atoms with Gasteiger partial charge >= 0.3 is 5.97 Å². The molecule has 5 nitrogen and oxygen atoms in total. The second kappa shape index (κ2) is 9.63. The highest BCUT2D eigenvalue weighted by Crippen LogP contribution is 2.27. The predicted molar refractivity (Wildman–Crippen MR) is 133 cm³/mol. The Morgan fingerprint density at radius 2 is 1.44 bits per heavy atom. The first-order chi connectivity index (χ1) is 16.7. The van der Waals surface area contributed by atoms with Crippen LogP contribution in [-0.4, -0.2) is 22.6 Å². The van der Waals surface area contributed by atoms with Gasteiger partial charge < -0.3 is 14.0 Å². The van der Waals surface area contributed by atoms with E-state index < -0.39 is 0 Å². The molecule has 5 aromatic rings. The van der Waals surface area contributed by atoms with E-state index in [-0.39, 0.29) is 12.4 Å². The Balaban J connectivity index is 1.36. The van der Waals surface area contributed by atoms with Crippen LogP contribution >= 0.6 is 0 Å². The van der Waals surface area contributed by atoms with Gasteiger partial charge in [0, 0.05) is 12.1 Å². The third-order valence-electron chi connectivity index (χ3n) is 5.69. The first-order valence-corrected chi connectivity index (χ1v) is 11.1. The fraction of sp³-hybridized carbons (Fsp3) is 0.103. The molecule has 0 radical (unpaired) electrons.